The zero-order valence-electron chi connectivity index (χ0n) is 15.5. The molecule has 144 valence electrons. The van der Waals surface area contributed by atoms with Gasteiger partial charge in [-0.2, -0.15) is 0 Å². The van der Waals surface area contributed by atoms with E-state index in [0.29, 0.717) is 11.3 Å². The monoisotopic (exact) mass is 398 g/mol. The van der Waals surface area contributed by atoms with Gasteiger partial charge in [0.25, 0.3) is 0 Å². The second-order valence-corrected chi connectivity index (χ2v) is 6.59. The van der Waals surface area contributed by atoms with Gasteiger partial charge in [0, 0.05) is 27.8 Å². The van der Waals surface area contributed by atoms with E-state index in [2.05, 4.69) is 5.32 Å². The van der Waals surface area contributed by atoms with Crippen molar-refractivity contribution in [2.24, 2.45) is 0 Å². The van der Waals surface area contributed by atoms with Crippen LogP contribution in [0.4, 0.5) is 5.69 Å². The molecular weight excluding hydrogens is 380 g/mol. The van der Waals surface area contributed by atoms with E-state index in [-0.39, 0.29) is 29.6 Å². The first-order chi connectivity index (χ1) is 13.5. The number of carbonyl (C=O) groups excluding carboxylic acids is 3. The van der Waals surface area contributed by atoms with Gasteiger partial charge in [-0.3, -0.25) is 9.59 Å². The fraction of sp³-hybridized carbons (Fsp3) is 0.190. The van der Waals surface area contributed by atoms with Gasteiger partial charge in [-0.05, 0) is 38.1 Å². The predicted molar refractivity (Wildman–Crippen MR) is 108 cm³/mol. The molecule has 0 fully saturated rings. The second kappa shape index (κ2) is 8.27. The number of rotatable bonds is 6. The third kappa shape index (κ3) is 3.77. The molecule has 0 radical (unpaired) electrons. The van der Waals surface area contributed by atoms with Crippen LogP contribution in [0, 0.1) is 6.92 Å². The lowest BCUT2D eigenvalue weighted by atomic mass is 10.1. The summed E-state index contributed by atoms with van der Waals surface area (Å²) in [5.41, 5.74) is 2.71. The molecule has 7 heteroatoms. The molecule has 0 aliphatic carbocycles. The Labute approximate surface area is 167 Å². The number of esters is 1. The zero-order valence-corrected chi connectivity index (χ0v) is 16.2. The first-order valence-electron chi connectivity index (χ1n) is 8.75. The molecule has 0 saturated carbocycles. The average molecular weight is 399 g/mol. The highest BCUT2D eigenvalue weighted by atomic mass is 35.5. The summed E-state index contributed by atoms with van der Waals surface area (Å²) >= 11 is 6.05. The third-order valence-electron chi connectivity index (χ3n) is 4.44. The van der Waals surface area contributed by atoms with Gasteiger partial charge in [-0.15, -0.1) is 0 Å². The number of hydrogen-bond donors (Lipinski definition) is 1. The Hall–Kier alpha value is -3.12. The van der Waals surface area contributed by atoms with Crippen molar-refractivity contribution < 1.29 is 19.1 Å². The fourth-order valence-corrected chi connectivity index (χ4v) is 3.32. The number of fused-ring (bicyclic) bond motifs is 1. The largest absolute Gasteiger partial charge is 0.462 e. The molecular formula is C21H19ClN2O4. The molecule has 1 heterocycles. The van der Waals surface area contributed by atoms with Crippen LogP contribution in [-0.4, -0.2) is 29.3 Å². The van der Waals surface area contributed by atoms with Gasteiger partial charge >= 0.3 is 5.97 Å². The minimum atomic E-state index is -0.550. The van der Waals surface area contributed by atoms with Crippen molar-refractivity contribution in [1.82, 2.24) is 4.57 Å². The number of anilines is 1. The lowest BCUT2D eigenvalue weighted by Gasteiger charge is -2.11. The molecule has 3 aromatic rings. The Morgan fingerprint density at radius 2 is 1.96 bits per heavy atom. The van der Waals surface area contributed by atoms with Gasteiger partial charge in [0.2, 0.25) is 5.91 Å². The van der Waals surface area contributed by atoms with Crippen molar-refractivity contribution in [1.29, 1.82) is 0 Å². The topological polar surface area (TPSA) is 77.4 Å². The molecule has 0 saturated heterocycles. The summed E-state index contributed by atoms with van der Waals surface area (Å²) in [6, 6.07) is 12.1. The summed E-state index contributed by atoms with van der Waals surface area (Å²) in [6.07, 6.45) is 0.802. The Bertz CT molecular complexity index is 1070. The molecule has 0 aliphatic rings. The standard InChI is InChI=1S/C21H19ClN2O4/c1-3-28-21(27)16-10-14(8-9-18(16)22)23-20(26)11-24-13(2)17(12-25)15-6-4-5-7-19(15)24/h4-10,12H,3,11H2,1-2H3,(H,23,26). The number of nitrogens with zero attached hydrogens (tertiary/aromatic N) is 1. The van der Waals surface area contributed by atoms with Gasteiger partial charge in [0.1, 0.15) is 6.54 Å². The van der Waals surface area contributed by atoms with E-state index < -0.39 is 5.97 Å². The van der Waals surface area contributed by atoms with Crippen LogP contribution >= 0.6 is 11.6 Å². The summed E-state index contributed by atoms with van der Waals surface area (Å²) in [5.74, 6) is -0.843. The van der Waals surface area contributed by atoms with E-state index in [1.54, 1.807) is 24.5 Å². The summed E-state index contributed by atoms with van der Waals surface area (Å²) in [7, 11) is 0. The summed E-state index contributed by atoms with van der Waals surface area (Å²) in [5, 5.41) is 3.81. The molecule has 2 aromatic carbocycles. The number of para-hydroxylation sites is 1. The van der Waals surface area contributed by atoms with E-state index in [9.17, 15) is 14.4 Å². The molecule has 1 aromatic heterocycles. The molecule has 0 spiro atoms. The predicted octanol–water partition coefficient (Wildman–Crippen LogP) is 4.23. The smallest absolute Gasteiger partial charge is 0.339 e. The van der Waals surface area contributed by atoms with Crippen LogP contribution in [0.25, 0.3) is 10.9 Å². The maximum absolute atomic E-state index is 12.6. The van der Waals surface area contributed by atoms with Crippen LogP contribution in [0.2, 0.25) is 5.02 Å². The molecule has 0 bridgehead atoms. The van der Waals surface area contributed by atoms with E-state index in [0.717, 1.165) is 22.9 Å². The van der Waals surface area contributed by atoms with E-state index in [4.69, 9.17) is 16.3 Å². The lowest BCUT2D eigenvalue weighted by molar-refractivity contribution is -0.116. The zero-order chi connectivity index (χ0) is 20.3. The third-order valence-corrected chi connectivity index (χ3v) is 4.77. The van der Waals surface area contributed by atoms with Crippen molar-refractivity contribution in [3.63, 3.8) is 0 Å². The maximum Gasteiger partial charge on any atom is 0.339 e. The second-order valence-electron chi connectivity index (χ2n) is 6.18. The van der Waals surface area contributed by atoms with Crippen molar-refractivity contribution in [3.05, 3.63) is 64.3 Å². The first-order valence-corrected chi connectivity index (χ1v) is 9.13. The number of hydrogen-bond acceptors (Lipinski definition) is 4. The number of halogens is 1. The lowest BCUT2D eigenvalue weighted by Crippen LogP contribution is -2.20. The molecule has 0 unspecified atom stereocenters. The summed E-state index contributed by atoms with van der Waals surface area (Å²) < 4.78 is 6.76. The molecule has 1 amide bonds. The van der Waals surface area contributed by atoms with Gasteiger partial charge < -0.3 is 14.6 Å². The number of carbonyl (C=O) groups is 3. The van der Waals surface area contributed by atoms with Crippen LogP contribution in [0.5, 0.6) is 0 Å². The molecule has 0 aliphatic heterocycles. The van der Waals surface area contributed by atoms with Crippen molar-refractivity contribution >= 4 is 46.4 Å². The summed E-state index contributed by atoms with van der Waals surface area (Å²) in [4.78, 5) is 36.0. The Morgan fingerprint density at radius 3 is 2.68 bits per heavy atom. The van der Waals surface area contributed by atoms with Gasteiger partial charge in [-0.25, -0.2) is 4.79 Å². The average Bonchev–Trinajstić information content (AvgIpc) is 2.94. The van der Waals surface area contributed by atoms with E-state index >= 15 is 0 Å². The molecule has 1 N–H and O–H groups in total. The van der Waals surface area contributed by atoms with Crippen LogP contribution in [0.3, 0.4) is 0 Å². The summed E-state index contributed by atoms with van der Waals surface area (Å²) in [6.45, 7) is 3.76. The molecule has 6 nitrogen and oxygen atoms in total. The minimum absolute atomic E-state index is 0.0254. The highest BCUT2D eigenvalue weighted by Crippen LogP contribution is 2.25. The molecule has 0 atom stereocenters. The number of amides is 1. The number of aldehydes is 1. The maximum atomic E-state index is 12.6. The van der Waals surface area contributed by atoms with Crippen molar-refractivity contribution in [2.75, 3.05) is 11.9 Å². The van der Waals surface area contributed by atoms with Gasteiger partial charge in [0.05, 0.1) is 17.2 Å². The highest BCUT2D eigenvalue weighted by Gasteiger charge is 2.17. The Balaban J connectivity index is 1.85. The fourth-order valence-electron chi connectivity index (χ4n) is 3.12. The number of nitrogens with one attached hydrogen (secondary N) is 1. The minimum Gasteiger partial charge on any atom is -0.462 e. The van der Waals surface area contributed by atoms with Crippen LogP contribution in [-0.2, 0) is 16.1 Å². The van der Waals surface area contributed by atoms with E-state index in [1.165, 1.54) is 12.1 Å². The normalized spacial score (nSPS) is 10.7. The van der Waals surface area contributed by atoms with Crippen LogP contribution in [0.1, 0.15) is 33.3 Å². The Kier molecular flexibility index (Phi) is 5.80. The molecule has 28 heavy (non-hydrogen) atoms. The van der Waals surface area contributed by atoms with Crippen LogP contribution < -0.4 is 5.32 Å². The number of benzene rings is 2. The van der Waals surface area contributed by atoms with Gasteiger partial charge in [0.15, 0.2) is 6.29 Å². The number of ether oxygens (including phenoxy) is 1. The van der Waals surface area contributed by atoms with Crippen LogP contribution in [0.15, 0.2) is 42.5 Å². The van der Waals surface area contributed by atoms with Gasteiger partial charge in [-0.1, -0.05) is 29.8 Å². The SMILES string of the molecule is CCOC(=O)c1cc(NC(=O)Cn2c(C)c(C=O)c3ccccc32)ccc1Cl. The first kappa shape index (κ1) is 19.6. The quantitative estimate of drug-likeness (QED) is 0.498. The van der Waals surface area contributed by atoms with E-state index in [1.807, 2.05) is 24.3 Å². The Morgan fingerprint density at radius 1 is 1.21 bits per heavy atom. The van der Waals surface area contributed by atoms with Crippen molar-refractivity contribution in [3.8, 4) is 0 Å². The highest BCUT2D eigenvalue weighted by molar-refractivity contribution is 6.33. The number of aromatic nitrogens is 1. The van der Waals surface area contributed by atoms with Crippen molar-refractivity contribution in [2.45, 2.75) is 20.4 Å². The molecule has 3 rings (SSSR count).